The second-order valence-corrected chi connectivity index (χ2v) is 8.69. The quantitative estimate of drug-likeness (QED) is 0.500. The number of rotatable bonds is 5. The summed E-state index contributed by atoms with van der Waals surface area (Å²) in [5.41, 5.74) is 8.79. The lowest BCUT2D eigenvalue weighted by molar-refractivity contribution is 0.511. The van der Waals surface area contributed by atoms with E-state index in [1.807, 2.05) is 35.5 Å². The molecule has 0 saturated carbocycles. The van der Waals surface area contributed by atoms with E-state index in [-0.39, 0.29) is 11.9 Å². The molecule has 10 heteroatoms. The van der Waals surface area contributed by atoms with E-state index in [9.17, 15) is 9.65 Å². The van der Waals surface area contributed by atoms with Gasteiger partial charge in [0.05, 0.1) is 5.69 Å². The van der Waals surface area contributed by atoms with Crippen molar-refractivity contribution in [1.82, 2.24) is 19.6 Å². The van der Waals surface area contributed by atoms with Crippen LogP contribution in [0.25, 0.3) is 16.9 Å². The third kappa shape index (κ3) is 3.36. The Hall–Kier alpha value is -3.55. The summed E-state index contributed by atoms with van der Waals surface area (Å²) < 4.78 is 15.2. The van der Waals surface area contributed by atoms with Gasteiger partial charge in [0.15, 0.2) is 16.6 Å². The van der Waals surface area contributed by atoms with Crippen molar-refractivity contribution in [2.45, 2.75) is 19.4 Å². The van der Waals surface area contributed by atoms with Crippen molar-refractivity contribution in [3.63, 3.8) is 0 Å². The van der Waals surface area contributed by atoms with Crippen LogP contribution in [-0.2, 0) is 6.42 Å². The molecule has 1 aliphatic rings. The van der Waals surface area contributed by atoms with Crippen LogP contribution in [0.1, 0.15) is 17.5 Å². The SMILES string of the molecule is CCc1nc2ccc(N3CC(N)C3)nn2c1N(C)c1nc(-c2ccc(F)cc2)c(C#N)s1. The zero-order valence-corrected chi connectivity index (χ0v) is 18.5. The van der Waals surface area contributed by atoms with E-state index in [4.69, 9.17) is 20.8 Å². The van der Waals surface area contributed by atoms with Crippen LogP contribution in [0.5, 0.6) is 0 Å². The summed E-state index contributed by atoms with van der Waals surface area (Å²) in [6.07, 6.45) is 0.717. The molecule has 1 saturated heterocycles. The van der Waals surface area contributed by atoms with Gasteiger partial charge in [-0.2, -0.15) is 9.78 Å². The standard InChI is InChI=1S/C22H21FN8S/c1-3-16-21(31-18(26-16)8-9-19(28-31)30-11-15(25)12-30)29(2)22-27-20(17(10-24)32-22)13-4-6-14(23)7-5-13/h4-9,15H,3,11-12,25H2,1-2H3. The van der Waals surface area contributed by atoms with Crippen molar-refractivity contribution in [2.24, 2.45) is 5.73 Å². The van der Waals surface area contributed by atoms with Gasteiger partial charge in [-0.1, -0.05) is 18.3 Å². The Morgan fingerprint density at radius 1 is 1.22 bits per heavy atom. The van der Waals surface area contributed by atoms with E-state index < -0.39 is 0 Å². The highest BCUT2D eigenvalue weighted by molar-refractivity contribution is 7.16. The molecule has 1 fully saturated rings. The Kier molecular flexibility index (Phi) is 5.00. The van der Waals surface area contributed by atoms with Gasteiger partial charge in [0.2, 0.25) is 0 Å². The summed E-state index contributed by atoms with van der Waals surface area (Å²) in [6, 6.07) is 12.3. The fraction of sp³-hybridized carbons (Fsp3) is 0.273. The average molecular weight is 449 g/mol. The molecule has 0 aliphatic carbocycles. The number of hydrogen-bond donors (Lipinski definition) is 1. The predicted octanol–water partition coefficient (Wildman–Crippen LogP) is 3.34. The summed E-state index contributed by atoms with van der Waals surface area (Å²) in [7, 11) is 1.89. The van der Waals surface area contributed by atoms with Gasteiger partial charge in [0, 0.05) is 31.7 Å². The summed E-state index contributed by atoms with van der Waals surface area (Å²) >= 11 is 1.28. The van der Waals surface area contributed by atoms with Crippen molar-refractivity contribution in [3.05, 3.63) is 52.8 Å². The molecule has 0 amide bonds. The lowest BCUT2D eigenvalue weighted by atomic mass is 10.1. The van der Waals surface area contributed by atoms with Crippen molar-refractivity contribution < 1.29 is 4.39 Å². The monoisotopic (exact) mass is 448 g/mol. The van der Waals surface area contributed by atoms with Gasteiger partial charge >= 0.3 is 0 Å². The number of nitrogens with two attached hydrogens (primary N) is 1. The normalized spacial score (nSPS) is 13.9. The maximum Gasteiger partial charge on any atom is 0.192 e. The largest absolute Gasteiger partial charge is 0.352 e. The molecule has 5 rings (SSSR count). The molecule has 0 spiro atoms. The molecule has 32 heavy (non-hydrogen) atoms. The number of halogens is 1. The van der Waals surface area contributed by atoms with Gasteiger partial charge < -0.3 is 15.5 Å². The second kappa shape index (κ2) is 7.85. The minimum absolute atomic E-state index is 0.174. The minimum atomic E-state index is -0.330. The molecule has 3 aromatic heterocycles. The Balaban J connectivity index is 1.58. The van der Waals surface area contributed by atoms with Gasteiger partial charge in [-0.3, -0.25) is 0 Å². The molecule has 0 radical (unpaired) electrons. The highest BCUT2D eigenvalue weighted by Crippen LogP contribution is 2.36. The van der Waals surface area contributed by atoms with Crippen molar-refractivity contribution in [1.29, 1.82) is 5.26 Å². The first-order valence-corrected chi connectivity index (χ1v) is 11.1. The lowest BCUT2D eigenvalue weighted by Crippen LogP contribution is -2.56. The third-order valence-electron chi connectivity index (χ3n) is 5.52. The number of imidazole rings is 1. The Bertz CT molecular complexity index is 1330. The third-order valence-corrected chi connectivity index (χ3v) is 6.55. The van der Waals surface area contributed by atoms with E-state index in [1.54, 1.807) is 12.1 Å². The number of nitrogens with zero attached hydrogens (tertiary/aromatic N) is 7. The molecule has 0 unspecified atom stereocenters. The molecular weight excluding hydrogens is 427 g/mol. The first-order chi connectivity index (χ1) is 15.5. The van der Waals surface area contributed by atoms with Crippen LogP contribution in [0.15, 0.2) is 36.4 Å². The fourth-order valence-corrected chi connectivity index (χ4v) is 4.67. The number of aromatic nitrogens is 4. The highest BCUT2D eigenvalue weighted by atomic mass is 32.1. The molecule has 0 bridgehead atoms. The first kappa shape index (κ1) is 20.4. The Morgan fingerprint density at radius 2 is 1.97 bits per heavy atom. The molecule has 2 N–H and O–H groups in total. The van der Waals surface area contributed by atoms with E-state index >= 15 is 0 Å². The van der Waals surface area contributed by atoms with Gasteiger partial charge in [0.25, 0.3) is 0 Å². The van der Waals surface area contributed by atoms with Crippen LogP contribution in [0.2, 0.25) is 0 Å². The maximum absolute atomic E-state index is 13.4. The van der Waals surface area contributed by atoms with Crippen LogP contribution < -0.4 is 15.5 Å². The number of aryl methyl sites for hydroxylation is 1. The molecule has 1 aromatic carbocycles. The number of benzene rings is 1. The molecule has 8 nitrogen and oxygen atoms in total. The average Bonchev–Trinajstić information content (AvgIpc) is 3.38. The summed E-state index contributed by atoms with van der Waals surface area (Å²) in [6.45, 7) is 3.59. The fourth-order valence-electron chi connectivity index (χ4n) is 3.82. The summed E-state index contributed by atoms with van der Waals surface area (Å²) in [5, 5.41) is 15.1. The van der Waals surface area contributed by atoms with Crippen LogP contribution in [0.3, 0.4) is 0 Å². The van der Waals surface area contributed by atoms with E-state index in [0.717, 1.165) is 36.1 Å². The number of nitriles is 1. The Labute approximate surface area is 188 Å². The number of anilines is 3. The summed E-state index contributed by atoms with van der Waals surface area (Å²) in [5.74, 6) is 1.32. The van der Waals surface area contributed by atoms with E-state index in [0.29, 0.717) is 27.7 Å². The number of fused-ring (bicyclic) bond motifs is 1. The van der Waals surface area contributed by atoms with E-state index in [2.05, 4.69) is 11.0 Å². The number of thiazole rings is 1. The van der Waals surface area contributed by atoms with Gasteiger partial charge in [-0.15, -0.1) is 5.10 Å². The van der Waals surface area contributed by atoms with Crippen LogP contribution >= 0.6 is 11.3 Å². The predicted molar refractivity (Wildman–Crippen MR) is 123 cm³/mol. The van der Waals surface area contributed by atoms with Crippen LogP contribution in [-0.4, -0.2) is 45.8 Å². The smallest absolute Gasteiger partial charge is 0.192 e. The van der Waals surface area contributed by atoms with Gasteiger partial charge in [-0.05, 0) is 42.8 Å². The zero-order chi connectivity index (χ0) is 22.4. The molecule has 1 aliphatic heterocycles. The first-order valence-electron chi connectivity index (χ1n) is 10.3. The topological polar surface area (TPSA) is 99.4 Å². The Morgan fingerprint density at radius 3 is 2.62 bits per heavy atom. The molecule has 4 aromatic rings. The maximum atomic E-state index is 13.4. The highest BCUT2D eigenvalue weighted by Gasteiger charge is 2.26. The van der Waals surface area contributed by atoms with Gasteiger partial charge in [-0.25, -0.2) is 14.4 Å². The van der Waals surface area contributed by atoms with Crippen molar-refractivity contribution >= 4 is 33.8 Å². The van der Waals surface area contributed by atoms with Crippen LogP contribution in [0, 0.1) is 17.1 Å². The molecule has 0 atom stereocenters. The van der Waals surface area contributed by atoms with Crippen LogP contribution in [0.4, 0.5) is 21.2 Å². The second-order valence-electron chi connectivity index (χ2n) is 7.71. The molecule has 4 heterocycles. The molecular formula is C22H21FN8S. The number of hydrogen-bond acceptors (Lipinski definition) is 8. The van der Waals surface area contributed by atoms with Crippen molar-refractivity contribution in [3.8, 4) is 17.3 Å². The van der Waals surface area contributed by atoms with Crippen molar-refractivity contribution in [2.75, 3.05) is 29.9 Å². The minimum Gasteiger partial charge on any atom is -0.352 e. The lowest BCUT2D eigenvalue weighted by Gasteiger charge is -2.37. The zero-order valence-electron chi connectivity index (χ0n) is 17.7. The van der Waals surface area contributed by atoms with Gasteiger partial charge in [0.1, 0.15) is 28.3 Å². The van der Waals surface area contributed by atoms with E-state index in [1.165, 1.54) is 23.5 Å². The molecule has 162 valence electrons. The summed E-state index contributed by atoms with van der Waals surface area (Å²) in [4.78, 5) is 14.0.